The Bertz CT molecular complexity index is 423. The fraction of sp³-hybridized carbons (Fsp3) is 0.533. The second kappa shape index (κ2) is 5.89. The number of esters is 1. The predicted octanol–water partition coefficient (Wildman–Crippen LogP) is 3.38. The summed E-state index contributed by atoms with van der Waals surface area (Å²) in [6, 6.07) is 5.66. The number of anilines is 1. The van der Waals surface area contributed by atoms with E-state index < -0.39 is 0 Å². The van der Waals surface area contributed by atoms with Gasteiger partial charge in [0.05, 0.1) is 12.7 Å². The fourth-order valence-corrected chi connectivity index (χ4v) is 2.58. The number of ether oxygens (including phenoxy) is 1. The van der Waals surface area contributed by atoms with Gasteiger partial charge in [0.25, 0.3) is 0 Å². The Morgan fingerprint density at radius 3 is 2.72 bits per heavy atom. The van der Waals surface area contributed by atoms with E-state index in [0.717, 1.165) is 23.7 Å². The van der Waals surface area contributed by atoms with Crippen LogP contribution < -0.4 is 5.32 Å². The molecule has 0 bridgehead atoms. The van der Waals surface area contributed by atoms with Gasteiger partial charge in [-0.15, -0.1) is 0 Å². The summed E-state index contributed by atoms with van der Waals surface area (Å²) in [5.41, 5.74) is 2.83. The topological polar surface area (TPSA) is 38.3 Å². The molecule has 0 atom stereocenters. The molecule has 0 radical (unpaired) electrons. The molecule has 1 aromatic carbocycles. The van der Waals surface area contributed by atoms with E-state index in [-0.39, 0.29) is 5.97 Å². The maximum Gasteiger partial charge on any atom is 0.337 e. The Kier molecular flexibility index (Phi) is 4.24. The number of hydrogen-bond donors (Lipinski definition) is 1. The zero-order valence-corrected chi connectivity index (χ0v) is 11.2. The number of carbonyl (C=O) groups excluding carboxylic acids is 1. The van der Waals surface area contributed by atoms with Crippen molar-refractivity contribution in [2.24, 2.45) is 5.92 Å². The first-order valence-electron chi connectivity index (χ1n) is 6.63. The maximum absolute atomic E-state index is 11.4. The van der Waals surface area contributed by atoms with Gasteiger partial charge in [0.1, 0.15) is 0 Å². The van der Waals surface area contributed by atoms with Crippen molar-refractivity contribution in [2.75, 3.05) is 19.0 Å². The van der Waals surface area contributed by atoms with Gasteiger partial charge in [-0.2, -0.15) is 0 Å². The number of nitrogens with one attached hydrogen (secondary N) is 1. The van der Waals surface area contributed by atoms with E-state index >= 15 is 0 Å². The summed E-state index contributed by atoms with van der Waals surface area (Å²) in [7, 11) is 1.41. The van der Waals surface area contributed by atoms with Crippen LogP contribution in [0.25, 0.3) is 0 Å². The predicted molar refractivity (Wildman–Crippen MR) is 73.0 cm³/mol. The van der Waals surface area contributed by atoms with E-state index in [1.807, 2.05) is 25.1 Å². The Hall–Kier alpha value is -1.51. The van der Waals surface area contributed by atoms with E-state index in [0.29, 0.717) is 5.56 Å². The van der Waals surface area contributed by atoms with Gasteiger partial charge in [-0.1, -0.05) is 12.8 Å². The minimum absolute atomic E-state index is 0.277. The van der Waals surface area contributed by atoms with Crippen LogP contribution >= 0.6 is 0 Å². The van der Waals surface area contributed by atoms with E-state index in [1.165, 1.54) is 32.8 Å². The molecule has 0 amide bonds. The Morgan fingerprint density at radius 2 is 2.11 bits per heavy atom. The van der Waals surface area contributed by atoms with Gasteiger partial charge < -0.3 is 10.1 Å². The molecule has 1 fully saturated rings. The minimum atomic E-state index is -0.277. The average Bonchev–Trinajstić information content (AvgIpc) is 2.89. The highest BCUT2D eigenvalue weighted by molar-refractivity contribution is 5.90. The zero-order chi connectivity index (χ0) is 13.0. The summed E-state index contributed by atoms with van der Waals surface area (Å²) in [5.74, 6) is 0.533. The van der Waals surface area contributed by atoms with Crippen LogP contribution in [0.4, 0.5) is 5.69 Å². The van der Waals surface area contributed by atoms with Crippen LogP contribution in [-0.4, -0.2) is 19.6 Å². The molecule has 1 aliphatic rings. The second-order valence-corrected chi connectivity index (χ2v) is 5.05. The molecule has 0 aliphatic heterocycles. The first-order valence-corrected chi connectivity index (χ1v) is 6.63. The third kappa shape index (κ3) is 3.03. The first-order chi connectivity index (χ1) is 8.70. The van der Waals surface area contributed by atoms with Gasteiger partial charge in [0.2, 0.25) is 0 Å². The highest BCUT2D eigenvalue weighted by atomic mass is 16.5. The minimum Gasteiger partial charge on any atom is -0.465 e. The third-order valence-electron chi connectivity index (χ3n) is 3.70. The maximum atomic E-state index is 11.4. The van der Waals surface area contributed by atoms with Crippen LogP contribution in [-0.2, 0) is 4.74 Å². The highest BCUT2D eigenvalue weighted by Gasteiger charge is 2.15. The molecule has 0 saturated heterocycles. The van der Waals surface area contributed by atoms with Gasteiger partial charge in [-0.25, -0.2) is 4.79 Å². The molecule has 18 heavy (non-hydrogen) atoms. The fourth-order valence-electron chi connectivity index (χ4n) is 2.58. The largest absolute Gasteiger partial charge is 0.465 e. The third-order valence-corrected chi connectivity index (χ3v) is 3.70. The molecule has 0 spiro atoms. The molecule has 0 aromatic heterocycles. The van der Waals surface area contributed by atoms with Crippen LogP contribution in [0.3, 0.4) is 0 Å². The molecule has 1 aromatic rings. The van der Waals surface area contributed by atoms with Gasteiger partial charge in [-0.3, -0.25) is 0 Å². The molecule has 1 N–H and O–H groups in total. The molecule has 0 unspecified atom stereocenters. The monoisotopic (exact) mass is 247 g/mol. The average molecular weight is 247 g/mol. The summed E-state index contributed by atoms with van der Waals surface area (Å²) >= 11 is 0. The quantitative estimate of drug-likeness (QED) is 0.829. The summed E-state index contributed by atoms with van der Waals surface area (Å²) in [6.07, 6.45) is 5.41. The lowest BCUT2D eigenvalue weighted by Crippen LogP contribution is -2.12. The van der Waals surface area contributed by atoms with Crippen molar-refractivity contribution in [3.63, 3.8) is 0 Å². The number of methoxy groups -OCH3 is 1. The van der Waals surface area contributed by atoms with Crippen molar-refractivity contribution < 1.29 is 9.53 Å². The Morgan fingerprint density at radius 1 is 1.39 bits per heavy atom. The smallest absolute Gasteiger partial charge is 0.337 e. The van der Waals surface area contributed by atoms with E-state index in [1.54, 1.807) is 0 Å². The zero-order valence-electron chi connectivity index (χ0n) is 11.2. The molecule has 2 rings (SSSR count). The Balaban J connectivity index is 1.98. The molecule has 1 saturated carbocycles. The van der Waals surface area contributed by atoms with Crippen LogP contribution in [0.5, 0.6) is 0 Å². The lowest BCUT2D eigenvalue weighted by molar-refractivity contribution is 0.0600. The van der Waals surface area contributed by atoms with Crippen LogP contribution in [0.2, 0.25) is 0 Å². The van der Waals surface area contributed by atoms with Crippen molar-refractivity contribution in [3.8, 4) is 0 Å². The van der Waals surface area contributed by atoms with Gasteiger partial charge in [-0.05, 0) is 49.4 Å². The molecular formula is C15H21NO2. The molecule has 3 nitrogen and oxygen atoms in total. The summed E-state index contributed by atoms with van der Waals surface area (Å²) < 4.78 is 4.71. The Labute approximate surface area is 109 Å². The first kappa shape index (κ1) is 12.9. The number of rotatable bonds is 4. The normalized spacial score (nSPS) is 15.7. The summed E-state index contributed by atoms with van der Waals surface area (Å²) in [5, 5.41) is 3.49. The van der Waals surface area contributed by atoms with Crippen LogP contribution in [0.15, 0.2) is 18.2 Å². The van der Waals surface area contributed by atoms with Crippen LogP contribution in [0.1, 0.15) is 41.6 Å². The number of aryl methyl sites for hydroxylation is 1. The van der Waals surface area contributed by atoms with Crippen molar-refractivity contribution in [1.29, 1.82) is 0 Å². The van der Waals surface area contributed by atoms with E-state index in [9.17, 15) is 4.79 Å². The van der Waals surface area contributed by atoms with E-state index in [2.05, 4.69) is 5.32 Å². The number of hydrogen-bond acceptors (Lipinski definition) is 3. The highest BCUT2D eigenvalue weighted by Crippen LogP contribution is 2.25. The molecule has 0 heterocycles. The number of carbonyl (C=O) groups is 1. The molecule has 3 heteroatoms. The standard InChI is InChI=1S/C15H21NO2/c1-11-9-13(15(17)18-2)7-8-14(11)16-10-12-5-3-4-6-12/h7-9,12,16H,3-6,10H2,1-2H3. The molecule has 98 valence electrons. The molecule has 1 aliphatic carbocycles. The molecular weight excluding hydrogens is 226 g/mol. The van der Waals surface area contributed by atoms with Crippen molar-refractivity contribution in [2.45, 2.75) is 32.6 Å². The van der Waals surface area contributed by atoms with Crippen molar-refractivity contribution in [1.82, 2.24) is 0 Å². The van der Waals surface area contributed by atoms with Crippen LogP contribution in [0, 0.1) is 12.8 Å². The number of benzene rings is 1. The summed E-state index contributed by atoms with van der Waals surface area (Å²) in [4.78, 5) is 11.4. The lowest BCUT2D eigenvalue weighted by Gasteiger charge is -2.14. The van der Waals surface area contributed by atoms with Gasteiger partial charge in [0.15, 0.2) is 0 Å². The van der Waals surface area contributed by atoms with Gasteiger partial charge >= 0.3 is 5.97 Å². The van der Waals surface area contributed by atoms with Crippen molar-refractivity contribution >= 4 is 11.7 Å². The summed E-state index contributed by atoms with van der Waals surface area (Å²) in [6.45, 7) is 3.06. The van der Waals surface area contributed by atoms with E-state index in [4.69, 9.17) is 4.74 Å². The second-order valence-electron chi connectivity index (χ2n) is 5.05. The lowest BCUT2D eigenvalue weighted by atomic mass is 10.1. The SMILES string of the molecule is COC(=O)c1ccc(NCC2CCCC2)c(C)c1. The van der Waals surface area contributed by atoms with Gasteiger partial charge in [0, 0.05) is 12.2 Å². The van der Waals surface area contributed by atoms with Crippen molar-refractivity contribution in [3.05, 3.63) is 29.3 Å².